The molecule has 0 saturated carbocycles. The number of hydrogen-bond acceptors (Lipinski definition) is 2. The van der Waals surface area contributed by atoms with Crippen LogP contribution in [0.1, 0.15) is 0 Å². The van der Waals surface area contributed by atoms with Gasteiger partial charge in [0.25, 0.3) is 0 Å². The van der Waals surface area contributed by atoms with Gasteiger partial charge in [0.15, 0.2) is 5.75 Å². The molecule has 5 heteroatoms. The minimum Gasteiger partial charge on any atom is -0.455 e. The molecule has 0 radical (unpaired) electrons. The van der Waals surface area contributed by atoms with Crippen molar-refractivity contribution in [3.63, 3.8) is 0 Å². The highest BCUT2D eigenvalue weighted by molar-refractivity contribution is 14.1. The van der Waals surface area contributed by atoms with Crippen LogP contribution < -0.4 is 10.5 Å². The Morgan fingerprint density at radius 2 is 1.82 bits per heavy atom. The highest BCUT2D eigenvalue weighted by Gasteiger charge is 2.08. The van der Waals surface area contributed by atoms with Crippen molar-refractivity contribution in [3.05, 3.63) is 50.8 Å². The van der Waals surface area contributed by atoms with Crippen LogP contribution in [0.2, 0.25) is 5.02 Å². The lowest BCUT2D eigenvalue weighted by Crippen LogP contribution is -1.95. The van der Waals surface area contributed by atoms with Crippen molar-refractivity contribution in [2.45, 2.75) is 0 Å². The van der Waals surface area contributed by atoms with Crippen LogP contribution in [0.5, 0.6) is 11.5 Å². The summed E-state index contributed by atoms with van der Waals surface area (Å²) in [6.07, 6.45) is 0. The number of nitrogen functional groups attached to an aromatic ring is 1. The molecule has 0 saturated heterocycles. The lowest BCUT2D eigenvalue weighted by molar-refractivity contribution is 0.478. The fraction of sp³-hybridized carbons (Fsp3) is 0. The molecule has 0 aliphatic rings. The number of ether oxygens (including phenoxy) is 1. The summed E-state index contributed by atoms with van der Waals surface area (Å²) in [5.74, 6) is 0.496. The van der Waals surface area contributed by atoms with Gasteiger partial charge in [0.1, 0.15) is 11.6 Å². The van der Waals surface area contributed by atoms with E-state index in [1.165, 1.54) is 12.1 Å². The molecule has 0 aliphatic carbocycles. The van der Waals surface area contributed by atoms with E-state index in [0.717, 1.165) is 0 Å². The first-order valence-corrected chi connectivity index (χ1v) is 6.20. The van der Waals surface area contributed by atoms with Crippen LogP contribution in [0.3, 0.4) is 0 Å². The average Bonchev–Trinajstić information content (AvgIpc) is 2.29. The fourth-order valence-electron chi connectivity index (χ4n) is 1.26. The molecule has 0 bridgehead atoms. The number of nitrogens with two attached hydrogens (primary N) is 1. The van der Waals surface area contributed by atoms with Gasteiger partial charge in [0.05, 0.1) is 9.26 Å². The van der Waals surface area contributed by atoms with Crippen LogP contribution in [0.4, 0.5) is 10.1 Å². The zero-order valence-electron chi connectivity index (χ0n) is 8.58. The molecule has 2 aromatic rings. The van der Waals surface area contributed by atoms with Crippen LogP contribution in [0.25, 0.3) is 0 Å². The average molecular weight is 364 g/mol. The summed E-state index contributed by atoms with van der Waals surface area (Å²) < 4.78 is 19.3. The molecule has 2 N–H and O–H groups in total. The van der Waals surface area contributed by atoms with Crippen molar-refractivity contribution in [2.24, 2.45) is 0 Å². The Balaban J connectivity index is 2.30. The largest absolute Gasteiger partial charge is 0.455 e. The van der Waals surface area contributed by atoms with Crippen LogP contribution in [-0.4, -0.2) is 0 Å². The normalized spacial score (nSPS) is 10.3. The standard InChI is InChI=1S/C12H8ClFINO/c13-7-1-3-8(4-2-7)17-12-5-9(14)10(15)6-11(12)16/h1-6H,16H2. The van der Waals surface area contributed by atoms with Gasteiger partial charge in [-0.1, -0.05) is 11.6 Å². The van der Waals surface area contributed by atoms with Crippen LogP contribution in [0.15, 0.2) is 36.4 Å². The van der Waals surface area contributed by atoms with Gasteiger partial charge in [-0.25, -0.2) is 4.39 Å². The van der Waals surface area contributed by atoms with Crippen LogP contribution in [-0.2, 0) is 0 Å². The van der Waals surface area contributed by atoms with Gasteiger partial charge >= 0.3 is 0 Å². The summed E-state index contributed by atoms with van der Waals surface area (Å²) in [7, 11) is 0. The van der Waals surface area contributed by atoms with E-state index in [0.29, 0.717) is 25.8 Å². The van der Waals surface area contributed by atoms with Crippen LogP contribution in [0, 0.1) is 9.39 Å². The maximum absolute atomic E-state index is 13.4. The maximum Gasteiger partial charge on any atom is 0.153 e. The van der Waals surface area contributed by atoms with Crippen LogP contribution >= 0.6 is 34.2 Å². The highest BCUT2D eigenvalue weighted by Crippen LogP contribution is 2.30. The second-order valence-electron chi connectivity index (χ2n) is 3.36. The number of rotatable bonds is 2. The Labute approximate surface area is 117 Å². The van der Waals surface area contributed by atoms with E-state index in [4.69, 9.17) is 22.1 Å². The minimum atomic E-state index is -0.358. The van der Waals surface area contributed by atoms with Crippen molar-refractivity contribution in [2.75, 3.05) is 5.73 Å². The second kappa shape index (κ2) is 5.10. The Hall–Kier alpha value is -1.01. The maximum atomic E-state index is 13.4. The molecule has 0 amide bonds. The van der Waals surface area contributed by atoms with Gasteiger partial charge in [-0.15, -0.1) is 0 Å². The molecule has 88 valence electrons. The van der Waals surface area contributed by atoms with Gasteiger partial charge in [-0.2, -0.15) is 0 Å². The monoisotopic (exact) mass is 363 g/mol. The lowest BCUT2D eigenvalue weighted by Gasteiger charge is -2.09. The van der Waals surface area contributed by atoms with E-state index < -0.39 is 0 Å². The summed E-state index contributed by atoms with van der Waals surface area (Å²) in [6.45, 7) is 0. The first-order valence-electron chi connectivity index (χ1n) is 4.74. The molecular formula is C12H8ClFINO. The molecule has 2 aromatic carbocycles. The third kappa shape index (κ3) is 3.01. The first kappa shape index (κ1) is 12.4. The Bertz CT molecular complexity index is 545. The molecule has 0 heterocycles. The number of hydrogen-bond donors (Lipinski definition) is 1. The van der Waals surface area contributed by atoms with E-state index in [9.17, 15) is 4.39 Å². The smallest absolute Gasteiger partial charge is 0.153 e. The number of halogens is 3. The van der Waals surface area contributed by atoms with Crippen molar-refractivity contribution in [3.8, 4) is 11.5 Å². The Morgan fingerprint density at radius 1 is 1.18 bits per heavy atom. The molecule has 0 unspecified atom stereocenters. The van der Waals surface area contributed by atoms with E-state index in [1.54, 1.807) is 24.3 Å². The topological polar surface area (TPSA) is 35.2 Å². The van der Waals surface area contributed by atoms with Gasteiger partial charge in [-0.05, 0) is 52.9 Å². The number of anilines is 1. The fourth-order valence-corrected chi connectivity index (χ4v) is 1.88. The van der Waals surface area contributed by atoms with E-state index in [2.05, 4.69) is 0 Å². The zero-order valence-corrected chi connectivity index (χ0v) is 11.5. The molecule has 0 fully saturated rings. The van der Waals surface area contributed by atoms with Crippen molar-refractivity contribution >= 4 is 39.9 Å². The molecule has 0 spiro atoms. The third-order valence-corrected chi connectivity index (χ3v) is 3.17. The predicted octanol–water partition coefficient (Wildman–Crippen LogP) is 4.46. The van der Waals surface area contributed by atoms with E-state index in [-0.39, 0.29) is 5.82 Å². The SMILES string of the molecule is Nc1cc(I)c(F)cc1Oc1ccc(Cl)cc1. The lowest BCUT2D eigenvalue weighted by atomic mass is 10.3. The second-order valence-corrected chi connectivity index (χ2v) is 4.96. The van der Waals surface area contributed by atoms with Gasteiger partial charge < -0.3 is 10.5 Å². The van der Waals surface area contributed by atoms with E-state index >= 15 is 0 Å². The summed E-state index contributed by atoms with van der Waals surface area (Å²) >= 11 is 7.62. The molecule has 2 nitrogen and oxygen atoms in total. The molecule has 2 rings (SSSR count). The molecular weight excluding hydrogens is 355 g/mol. The summed E-state index contributed by atoms with van der Waals surface area (Å²) in [5, 5.41) is 0.610. The molecule has 0 aromatic heterocycles. The predicted molar refractivity (Wildman–Crippen MR) is 75.1 cm³/mol. The molecule has 0 aliphatic heterocycles. The summed E-state index contributed by atoms with van der Waals surface area (Å²) in [5.41, 5.74) is 6.14. The van der Waals surface area contributed by atoms with Gasteiger partial charge in [0.2, 0.25) is 0 Å². The Kier molecular flexibility index (Phi) is 3.73. The van der Waals surface area contributed by atoms with E-state index in [1.807, 2.05) is 22.6 Å². The van der Waals surface area contributed by atoms with Crippen molar-refractivity contribution in [1.29, 1.82) is 0 Å². The van der Waals surface area contributed by atoms with Gasteiger partial charge in [0, 0.05) is 11.1 Å². The first-order chi connectivity index (χ1) is 8.06. The number of benzene rings is 2. The quantitative estimate of drug-likeness (QED) is 0.632. The molecule has 17 heavy (non-hydrogen) atoms. The summed E-state index contributed by atoms with van der Waals surface area (Å²) in [6, 6.07) is 9.56. The molecule has 0 atom stereocenters. The minimum absolute atomic E-state index is 0.297. The Morgan fingerprint density at radius 3 is 2.47 bits per heavy atom. The van der Waals surface area contributed by atoms with Crippen molar-refractivity contribution in [1.82, 2.24) is 0 Å². The van der Waals surface area contributed by atoms with Gasteiger partial charge in [-0.3, -0.25) is 0 Å². The highest BCUT2D eigenvalue weighted by atomic mass is 127. The zero-order chi connectivity index (χ0) is 12.4. The van der Waals surface area contributed by atoms with Crippen molar-refractivity contribution < 1.29 is 9.13 Å². The summed E-state index contributed by atoms with van der Waals surface area (Å²) in [4.78, 5) is 0. The third-order valence-electron chi connectivity index (χ3n) is 2.09.